The summed E-state index contributed by atoms with van der Waals surface area (Å²) in [5.74, 6) is -0.483. The van der Waals surface area contributed by atoms with Crippen LogP contribution in [-0.2, 0) is 26.5 Å². The van der Waals surface area contributed by atoms with Crippen LogP contribution in [0.4, 0.5) is 11.4 Å². The third-order valence-corrected chi connectivity index (χ3v) is 11.3. The van der Waals surface area contributed by atoms with E-state index in [9.17, 15) is 19.5 Å². The van der Waals surface area contributed by atoms with Gasteiger partial charge < -0.3 is 30.2 Å². The van der Waals surface area contributed by atoms with E-state index in [4.69, 9.17) is 4.74 Å². The minimum atomic E-state index is -2.74. The molecular weight excluding hydrogens is 566 g/mol. The van der Waals surface area contributed by atoms with Gasteiger partial charge in [-0.15, -0.1) is 0 Å². The van der Waals surface area contributed by atoms with Crippen LogP contribution in [0.3, 0.4) is 0 Å². The van der Waals surface area contributed by atoms with Gasteiger partial charge in [0.2, 0.25) is 5.91 Å². The first kappa shape index (κ1) is 27.5. The highest BCUT2D eigenvalue weighted by Crippen LogP contribution is 2.60. The maximum absolute atomic E-state index is 14.4. The van der Waals surface area contributed by atoms with Crippen LogP contribution >= 0.6 is 15.9 Å². The molecule has 4 N–H and O–H groups in total. The predicted octanol–water partition coefficient (Wildman–Crippen LogP) is 3.87. The second kappa shape index (κ2) is 10.5. The number of ether oxygens (including phenoxy) is 1. The molecule has 0 unspecified atom stereocenters. The van der Waals surface area contributed by atoms with Crippen molar-refractivity contribution in [2.75, 3.05) is 23.4 Å². The Labute approximate surface area is 233 Å². The van der Waals surface area contributed by atoms with E-state index in [1.807, 2.05) is 62.5 Å². The second-order valence-electron chi connectivity index (χ2n) is 11.3. The Morgan fingerprint density at radius 3 is 2.76 bits per heavy atom. The van der Waals surface area contributed by atoms with Crippen molar-refractivity contribution in [3.05, 3.63) is 58.1 Å². The first-order chi connectivity index (χ1) is 18.1. The lowest BCUT2D eigenvalue weighted by molar-refractivity contribution is -0.146. The number of hydrogen-bond donors (Lipinski definition) is 4. The van der Waals surface area contributed by atoms with Crippen molar-refractivity contribution < 1.29 is 24.2 Å². The number of aliphatic hydroxyl groups excluding tert-OH is 1. The highest BCUT2D eigenvalue weighted by Gasteiger charge is 2.66. The Balaban J connectivity index is 1.47. The summed E-state index contributed by atoms with van der Waals surface area (Å²) in [6.45, 7) is 6.83. The number of rotatable bonds is 7. The molecular formula is C28H36BrN3O5Si. The Hall–Kier alpha value is -2.08. The van der Waals surface area contributed by atoms with Crippen LogP contribution in [0.15, 0.2) is 46.9 Å². The fraction of sp³-hybridized carbons (Fsp3) is 0.500. The number of hydrogen-bond acceptors (Lipinski definition) is 6. The van der Waals surface area contributed by atoms with Crippen LogP contribution in [0.5, 0.6) is 0 Å². The third kappa shape index (κ3) is 4.75. The van der Waals surface area contributed by atoms with E-state index in [1.165, 1.54) is 0 Å². The van der Waals surface area contributed by atoms with E-state index >= 15 is 0 Å². The molecule has 3 heterocycles. The molecule has 10 heteroatoms. The number of benzene rings is 2. The lowest BCUT2D eigenvalue weighted by atomic mass is 9.82. The Kier molecular flexibility index (Phi) is 7.58. The number of aliphatic hydroxyl groups is 1. The van der Waals surface area contributed by atoms with Crippen LogP contribution in [0.25, 0.3) is 0 Å². The maximum atomic E-state index is 14.4. The fourth-order valence-electron chi connectivity index (χ4n) is 6.67. The number of nitrogens with one attached hydrogen (secondary N) is 2. The number of halogens is 1. The van der Waals surface area contributed by atoms with Crippen LogP contribution in [0, 0.1) is 5.92 Å². The number of carbonyl (C=O) groups is 2. The Morgan fingerprint density at radius 2 is 2.08 bits per heavy atom. The zero-order chi connectivity index (χ0) is 27.2. The summed E-state index contributed by atoms with van der Waals surface area (Å²) >= 11 is 3.57. The number of nitrogens with zero attached hydrogens (tertiary/aromatic N) is 1. The minimum absolute atomic E-state index is 0.0454. The molecule has 0 aliphatic carbocycles. The molecule has 5 rings (SSSR count). The van der Waals surface area contributed by atoms with Gasteiger partial charge in [0.15, 0.2) is 13.9 Å². The molecule has 0 radical (unpaired) electrons. The van der Waals surface area contributed by atoms with E-state index in [0.717, 1.165) is 40.7 Å². The normalized spacial score (nSPS) is 28.8. The topological polar surface area (TPSA) is 111 Å². The molecule has 38 heavy (non-hydrogen) atoms. The van der Waals surface area contributed by atoms with Crippen molar-refractivity contribution in [1.29, 1.82) is 0 Å². The largest absolute Gasteiger partial charge is 0.432 e. The smallest absolute Gasteiger partial charge is 0.264 e. The SMILES string of the molecule is C[C@@H]1[C@@H]([Si](C)(C)O)[C@H](CCO)O[C@@]12C(=O)N(Cc1cccc(NC(=O)[C@H]3CCCN3)c1)c1ccc(Br)cc12. The molecule has 2 amide bonds. The van der Waals surface area contributed by atoms with E-state index < -0.39 is 20.0 Å². The van der Waals surface area contributed by atoms with Crippen LogP contribution in [0.1, 0.15) is 37.3 Å². The minimum Gasteiger partial charge on any atom is -0.432 e. The summed E-state index contributed by atoms with van der Waals surface area (Å²) in [6, 6.07) is 13.2. The Bertz CT molecular complexity index is 1230. The molecule has 204 valence electrons. The van der Waals surface area contributed by atoms with Gasteiger partial charge >= 0.3 is 0 Å². The summed E-state index contributed by atoms with van der Waals surface area (Å²) < 4.78 is 7.48. The number of amides is 2. The first-order valence-corrected chi connectivity index (χ1v) is 17.1. The second-order valence-corrected chi connectivity index (χ2v) is 16.2. The van der Waals surface area contributed by atoms with E-state index in [2.05, 4.69) is 26.6 Å². The van der Waals surface area contributed by atoms with Gasteiger partial charge in [-0.3, -0.25) is 9.59 Å². The fourth-order valence-corrected chi connectivity index (χ4v) is 9.64. The van der Waals surface area contributed by atoms with Gasteiger partial charge in [-0.1, -0.05) is 35.0 Å². The molecule has 3 aliphatic heterocycles. The average molecular weight is 603 g/mol. The Morgan fingerprint density at radius 1 is 1.29 bits per heavy atom. The van der Waals surface area contributed by atoms with Crippen molar-refractivity contribution >= 4 is 47.4 Å². The molecule has 3 aliphatic rings. The lowest BCUT2D eigenvalue weighted by Crippen LogP contribution is -2.46. The van der Waals surface area contributed by atoms with E-state index in [0.29, 0.717) is 18.7 Å². The van der Waals surface area contributed by atoms with Gasteiger partial charge in [-0.05, 0) is 74.8 Å². The van der Waals surface area contributed by atoms with Crippen LogP contribution < -0.4 is 15.5 Å². The summed E-state index contributed by atoms with van der Waals surface area (Å²) in [4.78, 5) is 39.9. The van der Waals surface area contributed by atoms with Gasteiger partial charge in [-0.2, -0.15) is 0 Å². The van der Waals surface area contributed by atoms with Gasteiger partial charge in [-0.25, -0.2) is 0 Å². The molecule has 2 saturated heterocycles. The zero-order valence-electron chi connectivity index (χ0n) is 22.0. The highest BCUT2D eigenvalue weighted by atomic mass is 79.9. The van der Waals surface area contributed by atoms with Crippen molar-refractivity contribution in [3.63, 3.8) is 0 Å². The lowest BCUT2D eigenvalue weighted by Gasteiger charge is -2.32. The van der Waals surface area contributed by atoms with E-state index in [1.54, 1.807) is 4.90 Å². The summed E-state index contributed by atoms with van der Waals surface area (Å²) in [7, 11) is -2.74. The number of fused-ring (bicyclic) bond motifs is 2. The van der Waals surface area contributed by atoms with Crippen LogP contribution in [0.2, 0.25) is 18.6 Å². The average Bonchev–Trinajstić information content (AvgIpc) is 3.54. The summed E-state index contributed by atoms with van der Waals surface area (Å²) in [6.07, 6.45) is 1.76. The first-order valence-electron chi connectivity index (χ1n) is 13.3. The zero-order valence-corrected chi connectivity index (χ0v) is 24.6. The monoisotopic (exact) mass is 601 g/mol. The van der Waals surface area contributed by atoms with Crippen molar-refractivity contribution in [2.24, 2.45) is 5.92 Å². The van der Waals surface area contributed by atoms with Gasteiger partial charge in [0.25, 0.3) is 5.91 Å². The molecule has 5 atom stereocenters. The summed E-state index contributed by atoms with van der Waals surface area (Å²) in [5.41, 5.74) is 1.68. The molecule has 2 aromatic rings. The summed E-state index contributed by atoms with van der Waals surface area (Å²) in [5, 5.41) is 16.0. The molecule has 2 fully saturated rings. The van der Waals surface area contributed by atoms with Crippen molar-refractivity contribution in [2.45, 2.75) is 69.1 Å². The quantitative estimate of drug-likeness (QED) is 0.359. The van der Waals surface area contributed by atoms with E-state index in [-0.39, 0.29) is 35.9 Å². The predicted molar refractivity (Wildman–Crippen MR) is 152 cm³/mol. The van der Waals surface area contributed by atoms with Gasteiger partial charge in [0.05, 0.1) is 24.4 Å². The van der Waals surface area contributed by atoms with Crippen LogP contribution in [-0.4, -0.2) is 55.3 Å². The van der Waals surface area contributed by atoms with Crippen molar-refractivity contribution in [3.8, 4) is 0 Å². The molecule has 0 bridgehead atoms. The van der Waals surface area contributed by atoms with Gasteiger partial charge in [0.1, 0.15) is 0 Å². The van der Waals surface area contributed by atoms with Crippen molar-refractivity contribution in [1.82, 2.24) is 5.32 Å². The molecule has 1 spiro atoms. The third-order valence-electron chi connectivity index (χ3n) is 8.27. The molecule has 8 nitrogen and oxygen atoms in total. The maximum Gasteiger partial charge on any atom is 0.264 e. The standard InChI is InChI=1S/C28H36BrN3O5Si/c1-17-25(38(2,3)36)24(11-13-33)37-28(17)21-15-19(29)9-10-23(21)32(27(28)35)16-18-6-4-7-20(14-18)31-26(34)22-8-5-12-30-22/h4,6-7,9-10,14-15,17,22,24-25,30,33,36H,5,8,11-13,16H2,1-3H3,(H,31,34)/t17-,22-,24+,25-,28+/m1/s1. The van der Waals surface area contributed by atoms with Gasteiger partial charge in [0, 0.05) is 33.8 Å². The highest BCUT2D eigenvalue weighted by molar-refractivity contribution is 9.10. The molecule has 2 aromatic carbocycles. The number of anilines is 2. The molecule has 0 aromatic heterocycles. The molecule has 0 saturated carbocycles. The number of carbonyl (C=O) groups excluding carboxylic acids is 2.